The van der Waals surface area contributed by atoms with Gasteiger partial charge in [0, 0.05) is 26.6 Å². The van der Waals surface area contributed by atoms with Crippen molar-refractivity contribution in [2.24, 2.45) is 0 Å². The van der Waals surface area contributed by atoms with Crippen LogP contribution in [-0.2, 0) is 26.1 Å². The Hall–Kier alpha value is -1.07. The van der Waals surface area contributed by atoms with Crippen LogP contribution in [0.3, 0.4) is 0 Å². The lowest BCUT2D eigenvalue weighted by Gasteiger charge is -2.12. The second-order valence-electron chi connectivity index (χ2n) is 4.07. The van der Waals surface area contributed by atoms with E-state index in [1.807, 2.05) is 0 Å². The molecule has 0 heterocycles. The first-order chi connectivity index (χ1) is 8.97. The molecule has 0 aliphatic carbocycles. The third-order valence-corrected chi connectivity index (χ3v) is 4.57. The summed E-state index contributed by atoms with van der Waals surface area (Å²) in [6.45, 7) is 1.75. The Morgan fingerprint density at radius 3 is 2.68 bits per heavy atom. The summed E-state index contributed by atoms with van der Waals surface area (Å²) < 4.78 is 21.9. The normalized spacial score (nSPS) is 13.7. The predicted octanol–water partition coefficient (Wildman–Crippen LogP) is 2.55. The van der Waals surface area contributed by atoms with Crippen LogP contribution < -0.4 is 4.74 Å². The van der Waals surface area contributed by atoms with Gasteiger partial charge in [0.25, 0.3) is 0 Å². The first kappa shape index (κ1) is 16.0. The molecule has 2 atom stereocenters. The highest BCUT2D eigenvalue weighted by Crippen LogP contribution is 2.25. The van der Waals surface area contributed by atoms with Crippen LogP contribution in [0.15, 0.2) is 18.2 Å². The lowest BCUT2D eigenvalue weighted by atomic mass is 10.2. The molecule has 19 heavy (non-hydrogen) atoms. The SMILES string of the molecule is COC(=O)CC(C)S(=O)Cc1cc(Cl)ccc1OC. The van der Waals surface area contributed by atoms with Gasteiger partial charge in [-0.05, 0) is 18.2 Å². The first-order valence-corrected chi connectivity index (χ1v) is 7.50. The minimum absolute atomic E-state index is 0.131. The molecule has 0 bridgehead atoms. The van der Waals surface area contributed by atoms with E-state index in [-0.39, 0.29) is 17.6 Å². The van der Waals surface area contributed by atoms with E-state index in [1.165, 1.54) is 7.11 Å². The molecular formula is C13H17ClO4S. The highest BCUT2D eigenvalue weighted by Gasteiger charge is 2.18. The van der Waals surface area contributed by atoms with E-state index in [1.54, 1.807) is 32.2 Å². The number of halogens is 1. The number of esters is 1. The number of carbonyl (C=O) groups excluding carboxylic acids is 1. The summed E-state index contributed by atoms with van der Waals surface area (Å²) in [5, 5.41) is 0.282. The molecule has 1 rings (SSSR count). The van der Waals surface area contributed by atoms with E-state index in [2.05, 4.69) is 4.74 Å². The van der Waals surface area contributed by atoms with Crippen LogP contribution in [0.4, 0.5) is 0 Å². The maximum absolute atomic E-state index is 12.1. The summed E-state index contributed by atoms with van der Waals surface area (Å²) in [5.74, 6) is 0.573. The average Bonchev–Trinajstić information content (AvgIpc) is 2.38. The fourth-order valence-corrected chi connectivity index (χ4v) is 2.90. The van der Waals surface area contributed by atoms with Crippen LogP contribution in [-0.4, -0.2) is 29.6 Å². The van der Waals surface area contributed by atoms with E-state index in [0.29, 0.717) is 16.5 Å². The van der Waals surface area contributed by atoms with Gasteiger partial charge in [-0.1, -0.05) is 18.5 Å². The number of rotatable bonds is 6. The fourth-order valence-electron chi connectivity index (χ4n) is 1.57. The molecule has 0 amide bonds. The molecule has 0 aliphatic rings. The minimum Gasteiger partial charge on any atom is -0.496 e. The van der Waals surface area contributed by atoms with Crippen LogP contribution in [0.1, 0.15) is 18.9 Å². The van der Waals surface area contributed by atoms with Crippen molar-refractivity contribution in [1.82, 2.24) is 0 Å². The summed E-state index contributed by atoms with van der Waals surface area (Å²) in [6.07, 6.45) is 0.131. The van der Waals surface area contributed by atoms with Crippen molar-refractivity contribution in [3.8, 4) is 5.75 Å². The molecule has 1 aromatic carbocycles. The maximum Gasteiger partial charge on any atom is 0.306 e. The second kappa shape index (κ2) is 7.50. The molecule has 1 aromatic rings. The molecule has 4 nitrogen and oxygen atoms in total. The Balaban J connectivity index is 2.76. The smallest absolute Gasteiger partial charge is 0.306 e. The Kier molecular flexibility index (Phi) is 6.31. The molecule has 2 unspecified atom stereocenters. The van der Waals surface area contributed by atoms with Crippen LogP contribution in [0, 0.1) is 0 Å². The van der Waals surface area contributed by atoms with Crippen LogP contribution in [0.5, 0.6) is 5.75 Å². The Morgan fingerprint density at radius 1 is 1.42 bits per heavy atom. The van der Waals surface area contributed by atoms with E-state index in [4.69, 9.17) is 16.3 Å². The van der Waals surface area contributed by atoms with E-state index >= 15 is 0 Å². The average molecular weight is 305 g/mol. The monoisotopic (exact) mass is 304 g/mol. The molecule has 0 aromatic heterocycles. The Bertz CT molecular complexity index is 476. The molecule has 0 fully saturated rings. The lowest BCUT2D eigenvalue weighted by molar-refractivity contribution is -0.140. The zero-order valence-corrected chi connectivity index (χ0v) is 12.7. The Labute approximate surface area is 120 Å². The van der Waals surface area contributed by atoms with E-state index in [0.717, 1.165) is 5.56 Å². The van der Waals surface area contributed by atoms with Gasteiger partial charge >= 0.3 is 5.97 Å². The highest BCUT2D eigenvalue weighted by molar-refractivity contribution is 7.84. The van der Waals surface area contributed by atoms with Crippen LogP contribution in [0.25, 0.3) is 0 Å². The topological polar surface area (TPSA) is 52.6 Å². The number of methoxy groups -OCH3 is 2. The molecule has 6 heteroatoms. The number of ether oxygens (including phenoxy) is 2. The lowest BCUT2D eigenvalue weighted by Crippen LogP contribution is -2.18. The number of benzene rings is 1. The van der Waals surface area contributed by atoms with Crippen LogP contribution in [0.2, 0.25) is 5.02 Å². The zero-order chi connectivity index (χ0) is 14.4. The standard InChI is InChI=1S/C13H17ClO4S/c1-9(6-13(15)18-3)19(16)8-10-7-11(14)4-5-12(10)17-2/h4-5,7,9H,6,8H2,1-3H3. The van der Waals surface area contributed by atoms with Gasteiger partial charge in [-0.2, -0.15) is 0 Å². The van der Waals surface area contributed by atoms with Gasteiger partial charge in [0.1, 0.15) is 5.75 Å². The molecule has 106 valence electrons. The molecule has 0 spiro atoms. The van der Waals surface area contributed by atoms with Crippen molar-refractivity contribution in [1.29, 1.82) is 0 Å². The number of carbonyl (C=O) groups is 1. The van der Waals surface area contributed by atoms with Gasteiger partial charge in [-0.3, -0.25) is 9.00 Å². The minimum atomic E-state index is -1.20. The third kappa shape index (κ3) is 4.84. The summed E-state index contributed by atoms with van der Waals surface area (Å²) in [4.78, 5) is 11.2. The van der Waals surface area contributed by atoms with Crippen LogP contribution >= 0.6 is 11.6 Å². The molecule has 0 radical (unpaired) electrons. The highest BCUT2D eigenvalue weighted by atomic mass is 35.5. The predicted molar refractivity (Wildman–Crippen MR) is 75.9 cm³/mol. The van der Waals surface area contributed by atoms with Crippen molar-refractivity contribution in [3.05, 3.63) is 28.8 Å². The quantitative estimate of drug-likeness (QED) is 0.758. The van der Waals surface area contributed by atoms with Gasteiger partial charge in [0.05, 0.1) is 26.4 Å². The van der Waals surface area contributed by atoms with E-state index < -0.39 is 10.8 Å². The molecule has 0 saturated carbocycles. The summed E-state index contributed by atoms with van der Waals surface area (Å²) in [5.41, 5.74) is 0.769. The van der Waals surface area contributed by atoms with Crippen molar-refractivity contribution in [2.45, 2.75) is 24.3 Å². The molecule has 0 saturated heterocycles. The number of hydrogen-bond acceptors (Lipinski definition) is 4. The summed E-state index contributed by atoms with van der Waals surface area (Å²) in [6, 6.07) is 5.17. The van der Waals surface area contributed by atoms with Crippen molar-refractivity contribution >= 4 is 28.4 Å². The van der Waals surface area contributed by atoms with Crippen molar-refractivity contribution in [2.75, 3.05) is 14.2 Å². The molecular weight excluding hydrogens is 288 g/mol. The second-order valence-corrected chi connectivity index (χ2v) is 6.36. The fraction of sp³-hybridized carbons (Fsp3) is 0.462. The largest absolute Gasteiger partial charge is 0.496 e. The summed E-state index contributed by atoms with van der Waals surface area (Å²) >= 11 is 5.91. The Morgan fingerprint density at radius 2 is 2.11 bits per heavy atom. The summed E-state index contributed by atoms with van der Waals surface area (Å²) in [7, 11) is 1.67. The maximum atomic E-state index is 12.1. The zero-order valence-electron chi connectivity index (χ0n) is 11.1. The number of hydrogen-bond donors (Lipinski definition) is 0. The van der Waals surface area contributed by atoms with Gasteiger partial charge in [-0.25, -0.2) is 0 Å². The molecule has 0 N–H and O–H groups in total. The van der Waals surface area contributed by atoms with E-state index in [9.17, 15) is 9.00 Å². The first-order valence-electron chi connectivity index (χ1n) is 5.74. The third-order valence-electron chi connectivity index (χ3n) is 2.67. The van der Waals surface area contributed by atoms with Gasteiger partial charge in [-0.15, -0.1) is 0 Å². The van der Waals surface area contributed by atoms with Crippen molar-refractivity contribution in [3.63, 3.8) is 0 Å². The molecule has 0 aliphatic heterocycles. The van der Waals surface area contributed by atoms with Gasteiger partial charge < -0.3 is 9.47 Å². The van der Waals surface area contributed by atoms with Crippen molar-refractivity contribution < 1.29 is 18.5 Å². The van der Waals surface area contributed by atoms with Gasteiger partial charge in [0.2, 0.25) is 0 Å². The van der Waals surface area contributed by atoms with Gasteiger partial charge in [0.15, 0.2) is 0 Å².